The molecule has 0 saturated carbocycles. The van der Waals surface area contributed by atoms with Crippen molar-refractivity contribution in [1.29, 1.82) is 0 Å². The van der Waals surface area contributed by atoms with Gasteiger partial charge in [0, 0.05) is 37.6 Å². The molecular weight excluding hydrogens is 380 g/mol. The average molecular weight is 419 g/mol. The van der Waals surface area contributed by atoms with Gasteiger partial charge in [-0.15, -0.1) is 0 Å². The second kappa shape index (κ2) is 11.8. The van der Waals surface area contributed by atoms with Crippen molar-refractivity contribution in [3.05, 3.63) is 35.4 Å². The Morgan fingerprint density at radius 2 is 1.76 bits per heavy atom. The smallest absolute Gasteiger partial charge is 0.191 e. The number of guanidine groups is 1. The van der Waals surface area contributed by atoms with Gasteiger partial charge >= 0.3 is 0 Å². The van der Waals surface area contributed by atoms with Gasteiger partial charge < -0.3 is 15.4 Å². The number of thioether (sulfide) groups is 1. The van der Waals surface area contributed by atoms with Crippen molar-refractivity contribution in [2.75, 3.05) is 45.1 Å². The molecule has 1 aromatic rings. The summed E-state index contributed by atoms with van der Waals surface area (Å²) in [4.78, 5) is 7.38. The second-order valence-electron chi connectivity index (χ2n) is 8.08. The maximum Gasteiger partial charge on any atom is 0.191 e. The van der Waals surface area contributed by atoms with Gasteiger partial charge in [0.25, 0.3) is 0 Å². The summed E-state index contributed by atoms with van der Waals surface area (Å²) in [5.41, 5.74) is 2.67. The maximum atomic E-state index is 5.59. The van der Waals surface area contributed by atoms with Crippen LogP contribution in [0.5, 0.6) is 0 Å². The predicted molar refractivity (Wildman–Crippen MR) is 125 cm³/mol. The Morgan fingerprint density at radius 3 is 2.41 bits per heavy atom. The second-order valence-corrected chi connectivity index (χ2v) is 9.81. The molecule has 0 unspecified atom stereocenters. The van der Waals surface area contributed by atoms with Gasteiger partial charge in [-0.05, 0) is 62.6 Å². The number of likely N-dealkylation sites (tertiary alicyclic amines) is 1. The van der Waals surface area contributed by atoms with Gasteiger partial charge in [-0.25, -0.2) is 4.99 Å². The molecule has 3 rings (SSSR count). The summed E-state index contributed by atoms with van der Waals surface area (Å²) in [5.74, 6) is 2.05. The largest absolute Gasteiger partial charge is 0.381 e. The molecule has 2 aliphatic rings. The third-order valence-electron chi connectivity index (χ3n) is 5.82. The number of ether oxygens (including phenoxy) is 1. The van der Waals surface area contributed by atoms with E-state index in [0.29, 0.717) is 6.54 Å². The van der Waals surface area contributed by atoms with E-state index < -0.39 is 0 Å². The van der Waals surface area contributed by atoms with Crippen LogP contribution in [0.2, 0.25) is 0 Å². The Morgan fingerprint density at radius 1 is 1.07 bits per heavy atom. The number of benzene rings is 1. The zero-order valence-corrected chi connectivity index (χ0v) is 19.0. The zero-order chi connectivity index (χ0) is 20.4. The molecule has 5 nitrogen and oxygen atoms in total. The Balaban J connectivity index is 1.53. The summed E-state index contributed by atoms with van der Waals surface area (Å²) >= 11 is 2.06. The number of aliphatic imine (C=N–C) groups is 1. The van der Waals surface area contributed by atoms with E-state index in [1.54, 1.807) is 0 Å². The first-order chi connectivity index (χ1) is 14.2. The van der Waals surface area contributed by atoms with E-state index in [0.717, 1.165) is 57.4 Å². The minimum Gasteiger partial charge on any atom is -0.381 e. The molecule has 2 fully saturated rings. The topological polar surface area (TPSA) is 48.9 Å². The van der Waals surface area contributed by atoms with Crippen LogP contribution in [-0.4, -0.2) is 60.8 Å². The summed E-state index contributed by atoms with van der Waals surface area (Å²) in [6.07, 6.45) is 4.91. The molecule has 0 radical (unpaired) electrons. The van der Waals surface area contributed by atoms with Crippen LogP contribution < -0.4 is 10.6 Å². The van der Waals surface area contributed by atoms with Crippen molar-refractivity contribution in [3.63, 3.8) is 0 Å². The monoisotopic (exact) mass is 418 g/mol. The zero-order valence-electron chi connectivity index (χ0n) is 18.2. The average Bonchev–Trinajstić information content (AvgIpc) is 3.25. The number of nitrogens with zero attached hydrogens (tertiary/aromatic N) is 2. The van der Waals surface area contributed by atoms with Gasteiger partial charge in [-0.2, -0.15) is 11.8 Å². The molecule has 6 heteroatoms. The van der Waals surface area contributed by atoms with Gasteiger partial charge in [-0.3, -0.25) is 4.90 Å². The normalized spacial score (nSPS) is 20.0. The van der Waals surface area contributed by atoms with E-state index in [-0.39, 0.29) is 4.75 Å². The van der Waals surface area contributed by atoms with Crippen LogP contribution in [0.3, 0.4) is 0 Å². The first-order valence-electron chi connectivity index (χ1n) is 11.3. The minimum atomic E-state index is 0.264. The highest BCUT2D eigenvalue weighted by Gasteiger charge is 2.32. The van der Waals surface area contributed by atoms with E-state index in [1.807, 2.05) is 0 Å². The Bertz CT molecular complexity index is 617. The van der Waals surface area contributed by atoms with E-state index in [2.05, 4.69) is 65.4 Å². The lowest BCUT2D eigenvalue weighted by Gasteiger charge is -2.37. The van der Waals surface area contributed by atoms with Crippen LogP contribution in [0, 0.1) is 0 Å². The van der Waals surface area contributed by atoms with Crippen molar-refractivity contribution in [2.24, 2.45) is 4.99 Å². The number of hydrogen-bond donors (Lipinski definition) is 2. The van der Waals surface area contributed by atoms with E-state index in [1.165, 1.54) is 37.1 Å². The quantitative estimate of drug-likeness (QED) is 0.474. The van der Waals surface area contributed by atoms with Gasteiger partial charge in [0.05, 0.1) is 6.54 Å². The Hall–Kier alpha value is -1.24. The Labute approximate surface area is 181 Å². The molecule has 162 valence electrons. The minimum absolute atomic E-state index is 0.264. The highest BCUT2D eigenvalue weighted by atomic mass is 32.2. The SMILES string of the molecule is CCNC(=NCc1ccc(CN2CCCC2)cc1)NCC1(SCC)CCOCC1. The molecule has 2 aliphatic heterocycles. The first-order valence-corrected chi connectivity index (χ1v) is 12.3. The fraction of sp³-hybridized carbons (Fsp3) is 0.696. The fourth-order valence-corrected chi connectivity index (χ4v) is 5.37. The predicted octanol–water partition coefficient (Wildman–Crippen LogP) is 3.64. The molecule has 0 atom stereocenters. The maximum absolute atomic E-state index is 5.59. The van der Waals surface area contributed by atoms with Gasteiger partial charge in [0.1, 0.15) is 0 Å². The lowest BCUT2D eigenvalue weighted by atomic mass is 9.99. The lowest BCUT2D eigenvalue weighted by Crippen LogP contribution is -2.48. The third kappa shape index (κ3) is 7.19. The summed E-state index contributed by atoms with van der Waals surface area (Å²) < 4.78 is 5.86. The van der Waals surface area contributed by atoms with Gasteiger partial charge in [0.2, 0.25) is 0 Å². The van der Waals surface area contributed by atoms with Crippen LogP contribution >= 0.6 is 11.8 Å². The van der Waals surface area contributed by atoms with Crippen LogP contribution in [0.4, 0.5) is 0 Å². The summed E-state index contributed by atoms with van der Waals surface area (Å²) in [7, 11) is 0. The van der Waals surface area contributed by atoms with Crippen LogP contribution in [0.1, 0.15) is 50.7 Å². The molecular formula is C23H38N4OS. The van der Waals surface area contributed by atoms with Gasteiger partial charge in [-0.1, -0.05) is 31.2 Å². The van der Waals surface area contributed by atoms with Crippen molar-refractivity contribution in [1.82, 2.24) is 15.5 Å². The number of nitrogens with one attached hydrogen (secondary N) is 2. The van der Waals surface area contributed by atoms with Crippen LogP contribution in [0.15, 0.2) is 29.3 Å². The molecule has 0 amide bonds. The highest BCUT2D eigenvalue weighted by Crippen LogP contribution is 2.34. The Kier molecular flexibility index (Phi) is 9.15. The number of hydrogen-bond acceptors (Lipinski definition) is 4. The van der Waals surface area contributed by atoms with Crippen molar-refractivity contribution in [2.45, 2.75) is 57.4 Å². The fourth-order valence-electron chi connectivity index (χ4n) is 4.13. The van der Waals surface area contributed by atoms with Crippen molar-refractivity contribution in [3.8, 4) is 0 Å². The van der Waals surface area contributed by atoms with Crippen molar-refractivity contribution >= 4 is 17.7 Å². The van der Waals surface area contributed by atoms with Gasteiger partial charge in [0.15, 0.2) is 5.96 Å². The van der Waals surface area contributed by atoms with E-state index in [4.69, 9.17) is 9.73 Å². The molecule has 2 heterocycles. The van der Waals surface area contributed by atoms with E-state index >= 15 is 0 Å². The van der Waals surface area contributed by atoms with Crippen molar-refractivity contribution < 1.29 is 4.74 Å². The summed E-state index contributed by atoms with van der Waals surface area (Å²) in [6, 6.07) is 8.98. The van der Waals surface area contributed by atoms with Crippen LogP contribution in [0.25, 0.3) is 0 Å². The molecule has 1 aromatic carbocycles. The highest BCUT2D eigenvalue weighted by molar-refractivity contribution is 8.00. The molecule has 0 aliphatic carbocycles. The molecule has 0 aromatic heterocycles. The summed E-state index contributed by atoms with van der Waals surface area (Å²) in [6.45, 7) is 12.2. The number of rotatable bonds is 9. The molecule has 29 heavy (non-hydrogen) atoms. The third-order valence-corrected chi connectivity index (χ3v) is 7.28. The standard InChI is InChI=1S/C23H38N4OS/c1-3-24-22(26-19-23(29-4-2)11-15-28-16-12-23)25-17-20-7-9-21(10-8-20)18-27-13-5-6-14-27/h7-10H,3-6,11-19H2,1-2H3,(H2,24,25,26). The van der Waals surface area contributed by atoms with Crippen LogP contribution in [-0.2, 0) is 17.8 Å². The molecule has 0 spiro atoms. The molecule has 0 bridgehead atoms. The molecule has 2 N–H and O–H groups in total. The van der Waals surface area contributed by atoms with E-state index in [9.17, 15) is 0 Å². The first kappa shape index (κ1) is 22.4. The summed E-state index contributed by atoms with van der Waals surface area (Å²) in [5, 5.41) is 7.00. The molecule has 2 saturated heterocycles. The lowest BCUT2D eigenvalue weighted by molar-refractivity contribution is 0.0782.